The number of hydrogen-bond donors (Lipinski definition) is 2. The number of benzene rings is 1. The zero-order valence-corrected chi connectivity index (χ0v) is 16.7. The third-order valence-corrected chi connectivity index (χ3v) is 3.98. The van der Waals surface area contributed by atoms with Gasteiger partial charge in [0.15, 0.2) is 17.5 Å². The first-order valence-electron chi connectivity index (χ1n) is 6.75. The van der Waals surface area contributed by atoms with Crippen molar-refractivity contribution in [2.75, 3.05) is 19.5 Å². The average Bonchev–Trinajstić information content (AvgIpc) is 2.82. The third kappa shape index (κ3) is 5.24. The lowest BCUT2D eigenvalue weighted by Gasteiger charge is -2.10. The number of hydrogen-bond acceptors (Lipinski definition) is 5. The van der Waals surface area contributed by atoms with Crippen molar-refractivity contribution in [2.45, 2.75) is 20.4 Å². The fraction of sp³-hybridized carbons (Fsp3) is 0.333. The van der Waals surface area contributed by atoms with Crippen LogP contribution >= 0.6 is 35.3 Å². The van der Waals surface area contributed by atoms with Gasteiger partial charge >= 0.3 is 0 Å². The smallest absolute Gasteiger partial charge is 0.193 e. The molecule has 1 aromatic heterocycles. The predicted molar refractivity (Wildman–Crippen MR) is 105 cm³/mol. The Morgan fingerprint density at radius 3 is 2.52 bits per heavy atom. The quantitative estimate of drug-likeness (QED) is 0.417. The van der Waals surface area contributed by atoms with Crippen molar-refractivity contribution in [2.24, 2.45) is 10.7 Å². The lowest BCUT2D eigenvalue weighted by Crippen LogP contribution is -2.22. The molecule has 0 saturated carbocycles. The molecule has 0 amide bonds. The molecule has 0 fully saturated rings. The molecule has 0 radical (unpaired) electrons. The number of ether oxygens (including phenoxy) is 2. The summed E-state index contributed by atoms with van der Waals surface area (Å²) in [6.45, 7) is 4.48. The Morgan fingerprint density at radius 1 is 1.26 bits per heavy atom. The van der Waals surface area contributed by atoms with E-state index in [-0.39, 0.29) is 24.0 Å². The van der Waals surface area contributed by atoms with Crippen LogP contribution in [0.2, 0.25) is 0 Å². The van der Waals surface area contributed by atoms with E-state index in [4.69, 9.17) is 15.2 Å². The van der Waals surface area contributed by atoms with Crippen LogP contribution in [0.25, 0.3) is 0 Å². The minimum atomic E-state index is 0. The minimum absolute atomic E-state index is 0. The van der Waals surface area contributed by atoms with Gasteiger partial charge in [0.05, 0.1) is 31.5 Å². The molecular formula is C15H21IN4O2S. The Bertz CT molecular complexity index is 688. The Hall–Kier alpha value is -1.55. The molecule has 0 spiro atoms. The predicted octanol–water partition coefficient (Wildman–Crippen LogP) is 3.32. The lowest BCUT2D eigenvalue weighted by atomic mass is 10.3. The molecule has 0 atom stereocenters. The molecule has 2 aromatic rings. The normalized spacial score (nSPS) is 10.9. The Kier molecular flexibility index (Phi) is 7.56. The first kappa shape index (κ1) is 19.5. The second kappa shape index (κ2) is 8.92. The molecule has 0 unspecified atom stereocenters. The van der Waals surface area contributed by atoms with Gasteiger partial charge < -0.3 is 20.5 Å². The maximum absolute atomic E-state index is 5.91. The topological polar surface area (TPSA) is 81.8 Å². The molecule has 1 aromatic carbocycles. The summed E-state index contributed by atoms with van der Waals surface area (Å²) in [7, 11) is 3.19. The summed E-state index contributed by atoms with van der Waals surface area (Å²) in [6.07, 6.45) is 0. The molecule has 0 saturated heterocycles. The van der Waals surface area contributed by atoms with Gasteiger partial charge in [0.2, 0.25) is 0 Å². The van der Waals surface area contributed by atoms with E-state index in [0.29, 0.717) is 24.0 Å². The van der Waals surface area contributed by atoms with Crippen LogP contribution in [0.4, 0.5) is 5.69 Å². The van der Waals surface area contributed by atoms with Crippen LogP contribution in [-0.4, -0.2) is 25.2 Å². The lowest BCUT2D eigenvalue weighted by molar-refractivity contribution is 0.355. The van der Waals surface area contributed by atoms with E-state index in [1.54, 1.807) is 31.6 Å². The zero-order valence-electron chi connectivity index (χ0n) is 13.5. The summed E-state index contributed by atoms with van der Waals surface area (Å²) in [4.78, 5) is 9.92. The molecule has 23 heavy (non-hydrogen) atoms. The molecule has 1 heterocycles. The highest BCUT2D eigenvalue weighted by Crippen LogP contribution is 2.29. The van der Waals surface area contributed by atoms with Gasteiger partial charge in [-0.15, -0.1) is 35.3 Å². The summed E-state index contributed by atoms with van der Waals surface area (Å²) < 4.78 is 10.4. The van der Waals surface area contributed by atoms with E-state index >= 15 is 0 Å². The van der Waals surface area contributed by atoms with E-state index in [2.05, 4.69) is 15.3 Å². The van der Waals surface area contributed by atoms with Crippen molar-refractivity contribution in [1.82, 2.24) is 4.98 Å². The first-order valence-corrected chi connectivity index (χ1v) is 7.57. The third-order valence-electron chi connectivity index (χ3n) is 3.05. The van der Waals surface area contributed by atoms with Crippen LogP contribution < -0.4 is 20.5 Å². The number of thiazole rings is 1. The molecule has 8 heteroatoms. The summed E-state index contributed by atoms with van der Waals surface area (Å²) in [6, 6.07) is 5.46. The number of nitrogens with one attached hydrogen (secondary N) is 1. The number of aliphatic imine (C=N–C) groups is 1. The van der Waals surface area contributed by atoms with Gasteiger partial charge in [-0.3, -0.25) is 0 Å². The van der Waals surface area contributed by atoms with Crippen molar-refractivity contribution in [1.29, 1.82) is 0 Å². The van der Waals surface area contributed by atoms with Crippen LogP contribution in [0.3, 0.4) is 0 Å². The van der Waals surface area contributed by atoms with Crippen molar-refractivity contribution in [3.05, 3.63) is 33.8 Å². The fourth-order valence-electron chi connectivity index (χ4n) is 1.98. The molecule has 126 valence electrons. The highest BCUT2D eigenvalue weighted by atomic mass is 127. The summed E-state index contributed by atoms with van der Waals surface area (Å²) in [5, 5.41) is 4.07. The van der Waals surface area contributed by atoms with Crippen LogP contribution in [0, 0.1) is 13.8 Å². The molecule has 3 N–H and O–H groups in total. The SMILES string of the molecule is COc1ccc(NC(N)=NCc2nc(C)sc2C)cc1OC.I. The van der Waals surface area contributed by atoms with Gasteiger partial charge in [-0.05, 0) is 26.0 Å². The highest BCUT2D eigenvalue weighted by molar-refractivity contribution is 14.0. The number of guanidine groups is 1. The molecular weight excluding hydrogens is 427 g/mol. The van der Waals surface area contributed by atoms with Gasteiger partial charge in [0, 0.05) is 16.6 Å². The molecule has 0 aliphatic carbocycles. The molecule has 0 aliphatic rings. The highest BCUT2D eigenvalue weighted by Gasteiger charge is 2.06. The number of rotatable bonds is 5. The van der Waals surface area contributed by atoms with Crippen LogP contribution in [-0.2, 0) is 6.54 Å². The Labute approximate surface area is 157 Å². The van der Waals surface area contributed by atoms with E-state index in [1.807, 2.05) is 26.0 Å². The minimum Gasteiger partial charge on any atom is -0.493 e. The standard InChI is InChI=1S/C15H20N4O2S.HI/c1-9-12(18-10(2)22-9)8-17-15(16)19-11-5-6-13(20-3)14(7-11)21-4;/h5-7H,8H2,1-4H3,(H3,16,17,19);1H. The van der Waals surface area contributed by atoms with Crippen LogP contribution in [0.1, 0.15) is 15.6 Å². The van der Waals surface area contributed by atoms with Crippen molar-refractivity contribution >= 4 is 47.0 Å². The van der Waals surface area contributed by atoms with Gasteiger partial charge in [-0.1, -0.05) is 0 Å². The maximum atomic E-state index is 5.91. The molecule has 2 rings (SSSR count). The van der Waals surface area contributed by atoms with Crippen molar-refractivity contribution in [3.8, 4) is 11.5 Å². The second-order valence-corrected chi connectivity index (χ2v) is 6.04. The summed E-state index contributed by atoms with van der Waals surface area (Å²) in [5.74, 6) is 1.63. The van der Waals surface area contributed by atoms with Gasteiger partial charge in [-0.25, -0.2) is 9.98 Å². The summed E-state index contributed by atoms with van der Waals surface area (Å²) >= 11 is 1.66. The number of nitrogens with zero attached hydrogens (tertiary/aromatic N) is 2. The van der Waals surface area contributed by atoms with Gasteiger partial charge in [0.1, 0.15) is 0 Å². The first-order chi connectivity index (χ1) is 10.5. The van der Waals surface area contributed by atoms with Gasteiger partial charge in [-0.2, -0.15) is 0 Å². The second-order valence-electron chi connectivity index (χ2n) is 4.63. The Morgan fingerprint density at radius 2 is 1.96 bits per heavy atom. The van der Waals surface area contributed by atoms with E-state index < -0.39 is 0 Å². The van der Waals surface area contributed by atoms with E-state index in [9.17, 15) is 0 Å². The van der Waals surface area contributed by atoms with Crippen LogP contribution in [0.5, 0.6) is 11.5 Å². The number of methoxy groups -OCH3 is 2. The summed E-state index contributed by atoms with van der Waals surface area (Å²) in [5.41, 5.74) is 7.66. The number of anilines is 1. The maximum Gasteiger partial charge on any atom is 0.193 e. The molecule has 6 nitrogen and oxygen atoms in total. The number of nitrogens with two attached hydrogens (primary N) is 1. The zero-order chi connectivity index (χ0) is 16.1. The van der Waals surface area contributed by atoms with Crippen molar-refractivity contribution < 1.29 is 9.47 Å². The van der Waals surface area contributed by atoms with Crippen LogP contribution in [0.15, 0.2) is 23.2 Å². The molecule has 0 bridgehead atoms. The van der Waals surface area contributed by atoms with Gasteiger partial charge in [0.25, 0.3) is 0 Å². The Balaban J connectivity index is 0.00000264. The fourth-order valence-corrected chi connectivity index (χ4v) is 2.81. The largest absolute Gasteiger partial charge is 0.493 e. The number of aryl methyl sites for hydroxylation is 2. The molecule has 0 aliphatic heterocycles. The van der Waals surface area contributed by atoms with E-state index in [1.165, 1.54) is 4.88 Å². The monoisotopic (exact) mass is 448 g/mol. The van der Waals surface area contributed by atoms with E-state index in [0.717, 1.165) is 16.4 Å². The number of aromatic nitrogens is 1. The number of halogens is 1. The average molecular weight is 448 g/mol. The van der Waals surface area contributed by atoms with Crippen molar-refractivity contribution in [3.63, 3.8) is 0 Å².